The molecule has 2 aromatic rings. The number of likely N-dealkylation sites (tertiary alicyclic amines) is 1. The molecule has 0 aromatic carbocycles. The number of nitrogens with two attached hydrogens (primary N) is 1. The summed E-state index contributed by atoms with van der Waals surface area (Å²) in [5, 5.41) is 6.57. The van der Waals surface area contributed by atoms with Crippen LogP contribution in [0.25, 0.3) is 0 Å². The molecular weight excluding hydrogens is 302 g/mol. The van der Waals surface area contributed by atoms with Crippen LogP contribution in [-0.4, -0.2) is 32.5 Å². The monoisotopic (exact) mass is 321 g/mol. The molecule has 1 aliphatic heterocycles. The highest BCUT2D eigenvalue weighted by Gasteiger charge is 2.34. The highest BCUT2D eigenvalue weighted by Crippen LogP contribution is 2.32. The van der Waals surface area contributed by atoms with Gasteiger partial charge >= 0.3 is 0 Å². The summed E-state index contributed by atoms with van der Waals surface area (Å²) in [6.07, 6.45) is 1.77. The van der Waals surface area contributed by atoms with Crippen LogP contribution >= 0.6 is 11.3 Å². The summed E-state index contributed by atoms with van der Waals surface area (Å²) in [5.41, 5.74) is 6.01. The zero-order valence-corrected chi connectivity index (χ0v) is 13.5. The summed E-state index contributed by atoms with van der Waals surface area (Å²) < 4.78 is 5.26. The van der Waals surface area contributed by atoms with E-state index >= 15 is 0 Å². The van der Waals surface area contributed by atoms with E-state index < -0.39 is 0 Å². The normalized spacial score (nSPS) is 18.4. The molecule has 2 aromatic heterocycles. The highest BCUT2D eigenvalue weighted by molar-refractivity contribution is 7.09. The predicted molar refractivity (Wildman–Crippen MR) is 81.4 cm³/mol. The fourth-order valence-corrected chi connectivity index (χ4v) is 3.19. The van der Waals surface area contributed by atoms with Crippen molar-refractivity contribution in [3.05, 3.63) is 27.8 Å². The summed E-state index contributed by atoms with van der Waals surface area (Å²) in [6.45, 7) is 5.03. The molecule has 1 fully saturated rings. The van der Waals surface area contributed by atoms with Crippen molar-refractivity contribution in [3.8, 4) is 0 Å². The van der Waals surface area contributed by atoms with Gasteiger partial charge in [0.05, 0.1) is 6.04 Å². The molecule has 3 heterocycles. The van der Waals surface area contributed by atoms with Gasteiger partial charge in [0.15, 0.2) is 5.82 Å². The lowest BCUT2D eigenvalue weighted by Crippen LogP contribution is -2.31. The molecule has 22 heavy (non-hydrogen) atoms. The van der Waals surface area contributed by atoms with Crippen molar-refractivity contribution >= 4 is 17.2 Å². The van der Waals surface area contributed by atoms with Gasteiger partial charge in [0.1, 0.15) is 10.7 Å². The Balaban J connectivity index is 1.81. The summed E-state index contributed by atoms with van der Waals surface area (Å²) in [4.78, 5) is 23.1. The van der Waals surface area contributed by atoms with Crippen LogP contribution in [0.1, 0.15) is 65.9 Å². The van der Waals surface area contributed by atoms with Gasteiger partial charge in [0, 0.05) is 24.4 Å². The number of aromatic nitrogens is 3. The van der Waals surface area contributed by atoms with Gasteiger partial charge in [-0.1, -0.05) is 19.0 Å². The zero-order chi connectivity index (χ0) is 15.7. The topological polar surface area (TPSA) is 98.1 Å². The van der Waals surface area contributed by atoms with Crippen molar-refractivity contribution < 1.29 is 9.32 Å². The molecule has 0 saturated carbocycles. The summed E-state index contributed by atoms with van der Waals surface area (Å²) >= 11 is 1.41. The largest absolute Gasteiger partial charge is 0.339 e. The van der Waals surface area contributed by atoms with E-state index in [2.05, 4.69) is 15.1 Å². The van der Waals surface area contributed by atoms with Crippen molar-refractivity contribution in [3.63, 3.8) is 0 Å². The molecule has 1 aliphatic rings. The minimum atomic E-state index is -0.133. The number of nitrogens with zero attached hydrogens (tertiary/aromatic N) is 4. The molecule has 8 heteroatoms. The van der Waals surface area contributed by atoms with E-state index in [-0.39, 0.29) is 17.9 Å². The molecule has 0 spiro atoms. The molecule has 2 N–H and O–H groups in total. The molecule has 0 aliphatic carbocycles. The first-order chi connectivity index (χ1) is 10.6. The third kappa shape index (κ3) is 2.76. The van der Waals surface area contributed by atoms with Crippen LogP contribution in [0.4, 0.5) is 0 Å². The Morgan fingerprint density at radius 1 is 1.55 bits per heavy atom. The number of hydrogen-bond acceptors (Lipinski definition) is 7. The first-order valence-corrected chi connectivity index (χ1v) is 8.27. The standard InChI is InChI=1S/C14H19N5O2S/c1-8(2)13-17-12(18-21-13)10-4-3-5-19(10)14(20)9-7-22-11(6-15)16-9/h7-8,10H,3-6,15H2,1-2H3. The number of hydrogen-bond donors (Lipinski definition) is 1. The van der Waals surface area contributed by atoms with Crippen LogP contribution in [0.2, 0.25) is 0 Å². The van der Waals surface area contributed by atoms with Gasteiger partial charge in [-0.05, 0) is 12.8 Å². The lowest BCUT2D eigenvalue weighted by molar-refractivity contribution is 0.0723. The Kier molecular flexibility index (Phi) is 4.21. The number of thiazole rings is 1. The lowest BCUT2D eigenvalue weighted by Gasteiger charge is -2.21. The average Bonchev–Trinajstić information content (AvgIpc) is 3.24. The first kappa shape index (κ1) is 15.1. The van der Waals surface area contributed by atoms with E-state index in [4.69, 9.17) is 10.3 Å². The summed E-state index contributed by atoms with van der Waals surface area (Å²) in [6, 6.07) is -0.133. The second kappa shape index (κ2) is 6.13. The van der Waals surface area contributed by atoms with Crippen molar-refractivity contribution in [1.82, 2.24) is 20.0 Å². The third-order valence-corrected chi connectivity index (χ3v) is 4.58. The zero-order valence-electron chi connectivity index (χ0n) is 12.7. The quantitative estimate of drug-likeness (QED) is 0.926. The number of amides is 1. The molecule has 1 atom stereocenters. The Morgan fingerprint density at radius 3 is 3.00 bits per heavy atom. The van der Waals surface area contributed by atoms with Crippen LogP contribution in [0.15, 0.2) is 9.90 Å². The van der Waals surface area contributed by atoms with Gasteiger partial charge in [-0.3, -0.25) is 4.79 Å². The third-order valence-electron chi connectivity index (χ3n) is 3.71. The maximum atomic E-state index is 12.6. The SMILES string of the molecule is CC(C)c1nc(C2CCCN2C(=O)c2csc(CN)n2)no1. The molecule has 3 rings (SSSR count). The molecule has 1 saturated heterocycles. The molecule has 1 unspecified atom stereocenters. The number of carbonyl (C=O) groups is 1. The fourth-order valence-electron chi connectivity index (χ4n) is 2.55. The summed E-state index contributed by atoms with van der Waals surface area (Å²) in [5.74, 6) is 1.28. The number of carbonyl (C=O) groups excluding carboxylic acids is 1. The molecular formula is C14H19N5O2S. The van der Waals surface area contributed by atoms with Crippen LogP contribution in [0, 0.1) is 0 Å². The highest BCUT2D eigenvalue weighted by atomic mass is 32.1. The molecule has 118 valence electrons. The first-order valence-electron chi connectivity index (χ1n) is 7.39. The van der Waals surface area contributed by atoms with Gasteiger partial charge in [0.25, 0.3) is 5.91 Å². The second-order valence-electron chi connectivity index (χ2n) is 5.63. The van der Waals surface area contributed by atoms with Crippen LogP contribution in [0.5, 0.6) is 0 Å². The number of rotatable bonds is 4. The average molecular weight is 321 g/mol. The Morgan fingerprint density at radius 2 is 2.36 bits per heavy atom. The van der Waals surface area contributed by atoms with Gasteiger partial charge in [-0.15, -0.1) is 11.3 Å². The van der Waals surface area contributed by atoms with Crippen molar-refractivity contribution in [1.29, 1.82) is 0 Å². The molecule has 1 amide bonds. The Labute approximate surface area is 132 Å². The van der Waals surface area contributed by atoms with Gasteiger partial charge in [-0.2, -0.15) is 4.98 Å². The van der Waals surface area contributed by atoms with E-state index in [1.165, 1.54) is 11.3 Å². The van der Waals surface area contributed by atoms with E-state index in [9.17, 15) is 4.79 Å². The Hall–Kier alpha value is -1.80. The Bertz CT molecular complexity index is 666. The molecule has 0 radical (unpaired) electrons. The second-order valence-corrected chi connectivity index (χ2v) is 6.58. The maximum Gasteiger partial charge on any atom is 0.273 e. The minimum absolute atomic E-state index is 0.0886. The predicted octanol–water partition coefficient (Wildman–Crippen LogP) is 2.09. The van der Waals surface area contributed by atoms with E-state index in [1.807, 2.05) is 13.8 Å². The van der Waals surface area contributed by atoms with Gasteiger partial charge < -0.3 is 15.2 Å². The van der Waals surface area contributed by atoms with Crippen molar-refractivity contribution in [2.45, 2.75) is 45.2 Å². The van der Waals surface area contributed by atoms with Crippen molar-refractivity contribution in [2.24, 2.45) is 5.73 Å². The van der Waals surface area contributed by atoms with E-state index in [1.54, 1.807) is 10.3 Å². The minimum Gasteiger partial charge on any atom is -0.339 e. The van der Waals surface area contributed by atoms with Gasteiger partial charge in [0.2, 0.25) is 5.89 Å². The van der Waals surface area contributed by atoms with Crippen LogP contribution in [0.3, 0.4) is 0 Å². The van der Waals surface area contributed by atoms with E-state index in [0.717, 1.165) is 17.8 Å². The molecule has 7 nitrogen and oxygen atoms in total. The molecule has 0 bridgehead atoms. The van der Waals surface area contributed by atoms with Gasteiger partial charge in [-0.25, -0.2) is 4.98 Å². The summed E-state index contributed by atoms with van der Waals surface area (Å²) in [7, 11) is 0. The van der Waals surface area contributed by atoms with E-state index in [0.29, 0.717) is 30.5 Å². The fraction of sp³-hybridized carbons (Fsp3) is 0.571. The lowest BCUT2D eigenvalue weighted by atomic mass is 10.2. The van der Waals surface area contributed by atoms with Crippen LogP contribution in [-0.2, 0) is 6.54 Å². The van der Waals surface area contributed by atoms with Crippen molar-refractivity contribution in [2.75, 3.05) is 6.54 Å². The smallest absolute Gasteiger partial charge is 0.273 e. The maximum absolute atomic E-state index is 12.6. The van der Waals surface area contributed by atoms with Crippen LogP contribution < -0.4 is 5.73 Å².